The lowest BCUT2D eigenvalue weighted by Gasteiger charge is -2.10. The molecule has 1 unspecified atom stereocenters. The number of rotatable bonds is 3. The van der Waals surface area contributed by atoms with Crippen molar-refractivity contribution in [1.82, 2.24) is 10.6 Å². The quantitative estimate of drug-likeness (QED) is 0.682. The van der Waals surface area contributed by atoms with Gasteiger partial charge in [0, 0.05) is 5.56 Å². The summed E-state index contributed by atoms with van der Waals surface area (Å²) in [6.45, 7) is 0.495. The highest BCUT2D eigenvalue weighted by Gasteiger charge is 2.23. The number of primary amides is 1. The Labute approximate surface area is 98.1 Å². The highest BCUT2D eigenvalue weighted by molar-refractivity contribution is 5.94. The van der Waals surface area contributed by atoms with Gasteiger partial charge in [-0.05, 0) is 6.07 Å². The van der Waals surface area contributed by atoms with Gasteiger partial charge in [0.05, 0.1) is 12.6 Å². The van der Waals surface area contributed by atoms with E-state index in [1.165, 1.54) is 0 Å². The summed E-state index contributed by atoms with van der Waals surface area (Å²) in [5, 5.41) is 4.99. The van der Waals surface area contributed by atoms with E-state index in [0.29, 0.717) is 6.61 Å². The second-order valence-corrected chi connectivity index (χ2v) is 3.69. The van der Waals surface area contributed by atoms with E-state index in [1.807, 2.05) is 29.6 Å². The molecule has 1 aromatic carbocycles. The molecule has 0 saturated heterocycles. The van der Waals surface area contributed by atoms with E-state index in [0.717, 1.165) is 11.3 Å². The first-order valence-corrected chi connectivity index (χ1v) is 5.21. The molecule has 17 heavy (non-hydrogen) atoms. The van der Waals surface area contributed by atoms with Gasteiger partial charge < -0.3 is 10.5 Å². The van der Waals surface area contributed by atoms with Crippen LogP contribution in [0.5, 0.6) is 5.75 Å². The van der Waals surface area contributed by atoms with E-state index in [4.69, 9.17) is 10.5 Å². The number of imide groups is 1. The molecule has 1 heterocycles. The maximum absolute atomic E-state index is 11.2. The number of carbonyl (C=O) groups excluding carboxylic acids is 2. The van der Waals surface area contributed by atoms with Crippen LogP contribution in [0.15, 0.2) is 24.3 Å². The number of hydrogen-bond donors (Lipinski definition) is 3. The smallest absolute Gasteiger partial charge is 0.318 e. The third-order valence-corrected chi connectivity index (χ3v) is 2.47. The SMILES string of the molecule is NC(=O)NC(=O)CNC1COc2ccccc21. The lowest BCUT2D eigenvalue weighted by atomic mass is 10.1. The number of benzene rings is 1. The largest absolute Gasteiger partial charge is 0.491 e. The Balaban J connectivity index is 1.90. The fourth-order valence-electron chi connectivity index (χ4n) is 1.73. The molecular formula is C11H13N3O3. The van der Waals surface area contributed by atoms with E-state index in [9.17, 15) is 9.59 Å². The number of carbonyl (C=O) groups is 2. The first kappa shape index (κ1) is 11.4. The van der Waals surface area contributed by atoms with Crippen LogP contribution in [0.2, 0.25) is 0 Å². The Kier molecular flexibility index (Phi) is 3.24. The van der Waals surface area contributed by atoms with Gasteiger partial charge in [0.15, 0.2) is 0 Å². The van der Waals surface area contributed by atoms with Crippen LogP contribution in [0.25, 0.3) is 0 Å². The first-order valence-electron chi connectivity index (χ1n) is 5.21. The molecule has 0 bridgehead atoms. The van der Waals surface area contributed by atoms with E-state index in [2.05, 4.69) is 5.32 Å². The third-order valence-electron chi connectivity index (χ3n) is 2.47. The standard InChI is InChI=1S/C11H13N3O3/c12-11(16)14-10(15)5-13-8-6-17-9-4-2-1-3-7(8)9/h1-4,8,13H,5-6H2,(H3,12,14,15,16). The summed E-state index contributed by atoms with van der Waals surface area (Å²) in [5.74, 6) is 0.363. The van der Waals surface area contributed by atoms with Crippen molar-refractivity contribution in [2.24, 2.45) is 5.73 Å². The van der Waals surface area contributed by atoms with Crippen molar-refractivity contribution in [2.75, 3.05) is 13.2 Å². The molecule has 6 nitrogen and oxygen atoms in total. The molecule has 0 spiro atoms. The van der Waals surface area contributed by atoms with Crippen LogP contribution in [0, 0.1) is 0 Å². The summed E-state index contributed by atoms with van der Waals surface area (Å²) in [4.78, 5) is 21.6. The van der Waals surface area contributed by atoms with Gasteiger partial charge >= 0.3 is 6.03 Å². The van der Waals surface area contributed by atoms with Crippen molar-refractivity contribution < 1.29 is 14.3 Å². The number of fused-ring (bicyclic) bond motifs is 1. The zero-order valence-corrected chi connectivity index (χ0v) is 9.10. The lowest BCUT2D eigenvalue weighted by molar-refractivity contribution is -0.119. The van der Waals surface area contributed by atoms with Gasteiger partial charge in [0.1, 0.15) is 12.4 Å². The van der Waals surface area contributed by atoms with E-state index in [1.54, 1.807) is 0 Å². The second kappa shape index (κ2) is 4.84. The fourth-order valence-corrected chi connectivity index (χ4v) is 1.73. The van der Waals surface area contributed by atoms with Crippen LogP contribution in [0.4, 0.5) is 4.79 Å². The van der Waals surface area contributed by atoms with Gasteiger partial charge in [-0.25, -0.2) is 4.79 Å². The number of nitrogens with one attached hydrogen (secondary N) is 2. The maximum Gasteiger partial charge on any atom is 0.318 e. The molecule has 3 amide bonds. The maximum atomic E-state index is 11.2. The van der Waals surface area contributed by atoms with Crippen LogP contribution in [-0.2, 0) is 4.79 Å². The van der Waals surface area contributed by atoms with Gasteiger partial charge in [0.2, 0.25) is 5.91 Å². The minimum absolute atomic E-state index is 0.0191. The molecule has 4 N–H and O–H groups in total. The molecule has 6 heteroatoms. The number of ether oxygens (including phenoxy) is 1. The lowest BCUT2D eigenvalue weighted by Crippen LogP contribution is -2.41. The zero-order valence-electron chi connectivity index (χ0n) is 9.10. The molecule has 1 atom stereocenters. The van der Waals surface area contributed by atoms with Crippen molar-refractivity contribution in [2.45, 2.75) is 6.04 Å². The van der Waals surface area contributed by atoms with Gasteiger partial charge in [-0.2, -0.15) is 0 Å². The molecule has 2 rings (SSSR count). The van der Waals surface area contributed by atoms with E-state index < -0.39 is 11.9 Å². The summed E-state index contributed by atoms with van der Waals surface area (Å²) in [7, 11) is 0. The number of urea groups is 1. The van der Waals surface area contributed by atoms with Gasteiger partial charge in [0.25, 0.3) is 0 Å². The fraction of sp³-hybridized carbons (Fsp3) is 0.273. The highest BCUT2D eigenvalue weighted by atomic mass is 16.5. The topological polar surface area (TPSA) is 93.5 Å². The zero-order chi connectivity index (χ0) is 12.3. The number of para-hydroxylation sites is 1. The number of hydrogen-bond acceptors (Lipinski definition) is 4. The first-order chi connectivity index (χ1) is 8.16. The Hall–Kier alpha value is -2.08. The van der Waals surface area contributed by atoms with Crippen molar-refractivity contribution in [3.63, 3.8) is 0 Å². The minimum atomic E-state index is -0.847. The summed E-state index contributed by atoms with van der Waals surface area (Å²) < 4.78 is 5.44. The third kappa shape index (κ3) is 2.73. The second-order valence-electron chi connectivity index (χ2n) is 3.69. The average molecular weight is 235 g/mol. The van der Waals surface area contributed by atoms with Crippen LogP contribution < -0.4 is 21.1 Å². The van der Waals surface area contributed by atoms with Crippen LogP contribution >= 0.6 is 0 Å². The van der Waals surface area contributed by atoms with E-state index >= 15 is 0 Å². The molecule has 1 aliphatic heterocycles. The van der Waals surface area contributed by atoms with Gasteiger partial charge in [-0.1, -0.05) is 18.2 Å². The molecular weight excluding hydrogens is 222 g/mol. The monoisotopic (exact) mass is 235 g/mol. The summed E-state index contributed by atoms with van der Waals surface area (Å²) in [6.07, 6.45) is 0. The normalized spacial score (nSPS) is 17.1. The Bertz CT molecular complexity index is 447. The molecule has 0 radical (unpaired) electrons. The predicted molar refractivity (Wildman–Crippen MR) is 60.4 cm³/mol. The van der Waals surface area contributed by atoms with Crippen molar-refractivity contribution >= 4 is 11.9 Å². The van der Waals surface area contributed by atoms with Gasteiger partial charge in [-0.3, -0.25) is 15.4 Å². The van der Waals surface area contributed by atoms with Crippen LogP contribution in [0.3, 0.4) is 0 Å². The van der Waals surface area contributed by atoms with Gasteiger partial charge in [-0.15, -0.1) is 0 Å². The number of nitrogens with two attached hydrogens (primary N) is 1. The molecule has 0 saturated carbocycles. The Morgan fingerprint density at radius 2 is 2.18 bits per heavy atom. The Morgan fingerprint density at radius 1 is 1.41 bits per heavy atom. The summed E-state index contributed by atoms with van der Waals surface area (Å²) in [6, 6.07) is 6.73. The summed E-state index contributed by atoms with van der Waals surface area (Å²) >= 11 is 0. The Morgan fingerprint density at radius 3 is 2.94 bits per heavy atom. The van der Waals surface area contributed by atoms with Crippen LogP contribution in [0.1, 0.15) is 11.6 Å². The molecule has 0 fully saturated rings. The summed E-state index contributed by atoms with van der Waals surface area (Å²) in [5.41, 5.74) is 5.84. The van der Waals surface area contributed by atoms with E-state index in [-0.39, 0.29) is 12.6 Å². The molecule has 0 aromatic heterocycles. The van der Waals surface area contributed by atoms with Crippen molar-refractivity contribution in [1.29, 1.82) is 0 Å². The minimum Gasteiger partial charge on any atom is -0.491 e. The molecule has 0 aliphatic carbocycles. The predicted octanol–water partition coefficient (Wildman–Crippen LogP) is -0.0954. The number of amides is 3. The molecule has 1 aliphatic rings. The van der Waals surface area contributed by atoms with Crippen molar-refractivity contribution in [3.8, 4) is 5.75 Å². The highest BCUT2D eigenvalue weighted by Crippen LogP contribution is 2.31. The average Bonchev–Trinajstić information content (AvgIpc) is 2.69. The molecule has 1 aromatic rings. The van der Waals surface area contributed by atoms with Crippen molar-refractivity contribution in [3.05, 3.63) is 29.8 Å². The van der Waals surface area contributed by atoms with Crippen LogP contribution in [-0.4, -0.2) is 25.1 Å². The molecule has 90 valence electrons.